The first-order valence-corrected chi connectivity index (χ1v) is 7.45. The van der Waals surface area contributed by atoms with Crippen LogP contribution >= 0.6 is 0 Å². The Kier molecular flexibility index (Phi) is 3.89. The molecule has 1 heterocycles. The number of nitrogens with two attached hydrogens (primary N) is 1. The van der Waals surface area contributed by atoms with Crippen LogP contribution in [0.4, 0.5) is 5.69 Å². The number of ether oxygens (including phenoxy) is 1. The molecule has 3 N–H and O–H groups in total. The number of benzene rings is 1. The fourth-order valence-electron chi connectivity index (χ4n) is 2.07. The summed E-state index contributed by atoms with van der Waals surface area (Å²) in [5.74, 6) is 0. The Morgan fingerprint density at radius 3 is 2.89 bits per heavy atom. The third-order valence-electron chi connectivity index (χ3n) is 2.98. The molecule has 1 aromatic carbocycles. The molecular weight excluding hydrogens is 252 g/mol. The Labute approximate surface area is 107 Å². The molecule has 2 atom stereocenters. The van der Waals surface area contributed by atoms with Crippen molar-refractivity contribution in [1.82, 2.24) is 4.72 Å². The van der Waals surface area contributed by atoms with Gasteiger partial charge in [-0.15, -0.1) is 0 Å². The molecule has 2 rings (SSSR count). The maximum absolute atomic E-state index is 12.2. The zero-order chi connectivity index (χ0) is 13.2. The van der Waals surface area contributed by atoms with E-state index in [2.05, 4.69) is 4.72 Å². The molecule has 1 aliphatic rings. The predicted octanol–water partition coefficient (Wildman–Crippen LogP) is 1.11. The van der Waals surface area contributed by atoms with E-state index in [1.807, 2.05) is 6.92 Å². The highest BCUT2D eigenvalue weighted by Crippen LogP contribution is 2.18. The lowest BCUT2D eigenvalue weighted by atomic mass is 10.1. The topological polar surface area (TPSA) is 81.4 Å². The fraction of sp³-hybridized carbons (Fsp3) is 0.500. The molecule has 2 unspecified atom stereocenters. The standard InChI is InChI=1S/C12H18N2O3S/c1-9-7-11(5-6-17-9)14-18(15,16)12-4-2-3-10(13)8-12/h2-4,8-9,11,14H,5-7,13H2,1H3. The summed E-state index contributed by atoms with van der Waals surface area (Å²) < 4.78 is 32.4. The van der Waals surface area contributed by atoms with Crippen LogP contribution in [0.1, 0.15) is 19.8 Å². The van der Waals surface area contributed by atoms with E-state index in [4.69, 9.17) is 10.5 Å². The Morgan fingerprint density at radius 1 is 1.44 bits per heavy atom. The SMILES string of the molecule is CC1CC(NS(=O)(=O)c2cccc(N)c2)CCO1. The molecule has 1 fully saturated rings. The Bertz CT molecular complexity index is 516. The third-order valence-corrected chi connectivity index (χ3v) is 4.49. The first-order chi connectivity index (χ1) is 8.47. The Balaban J connectivity index is 2.12. The van der Waals surface area contributed by atoms with Gasteiger partial charge in [0.2, 0.25) is 10.0 Å². The molecule has 0 saturated carbocycles. The van der Waals surface area contributed by atoms with Crippen molar-refractivity contribution >= 4 is 15.7 Å². The van der Waals surface area contributed by atoms with Crippen LogP contribution in [0.3, 0.4) is 0 Å². The number of anilines is 1. The number of rotatable bonds is 3. The Morgan fingerprint density at radius 2 is 2.22 bits per heavy atom. The lowest BCUT2D eigenvalue weighted by Gasteiger charge is -2.27. The van der Waals surface area contributed by atoms with E-state index in [-0.39, 0.29) is 17.0 Å². The van der Waals surface area contributed by atoms with Crippen LogP contribution in [0, 0.1) is 0 Å². The number of nitrogen functional groups attached to an aromatic ring is 1. The fourth-order valence-corrected chi connectivity index (χ4v) is 3.41. The van der Waals surface area contributed by atoms with Gasteiger partial charge in [0.05, 0.1) is 11.0 Å². The van der Waals surface area contributed by atoms with Crippen molar-refractivity contribution in [2.75, 3.05) is 12.3 Å². The largest absolute Gasteiger partial charge is 0.399 e. The van der Waals surface area contributed by atoms with Crippen molar-refractivity contribution in [2.24, 2.45) is 0 Å². The molecule has 1 aliphatic heterocycles. The predicted molar refractivity (Wildman–Crippen MR) is 69.6 cm³/mol. The molecule has 0 radical (unpaired) electrons. The van der Waals surface area contributed by atoms with E-state index < -0.39 is 10.0 Å². The molecule has 0 amide bonds. The van der Waals surface area contributed by atoms with Crippen molar-refractivity contribution in [3.05, 3.63) is 24.3 Å². The molecule has 0 spiro atoms. The lowest BCUT2D eigenvalue weighted by Crippen LogP contribution is -2.41. The minimum atomic E-state index is -3.49. The zero-order valence-corrected chi connectivity index (χ0v) is 11.1. The smallest absolute Gasteiger partial charge is 0.240 e. The maximum Gasteiger partial charge on any atom is 0.240 e. The van der Waals surface area contributed by atoms with Crippen molar-refractivity contribution < 1.29 is 13.2 Å². The van der Waals surface area contributed by atoms with Gasteiger partial charge < -0.3 is 10.5 Å². The van der Waals surface area contributed by atoms with Crippen molar-refractivity contribution in [3.63, 3.8) is 0 Å². The zero-order valence-electron chi connectivity index (χ0n) is 10.3. The highest BCUT2D eigenvalue weighted by atomic mass is 32.2. The van der Waals surface area contributed by atoms with Crippen LogP contribution < -0.4 is 10.5 Å². The minimum Gasteiger partial charge on any atom is -0.399 e. The highest BCUT2D eigenvalue weighted by molar-refractivity contribution is 7.89. The first-order valence-electron chi connectivity index (χ1n) is 5.97. The van der Waals surface area contributed by atoms with Gasteiger partial charge in [0.1, 0.15) is 0 Å². The van der Waals surface area contributed by atoms with Crippen LogP contribution in [-0.2, 0) is 14.8 Å². The average molecular weight is 270 g/mol. The molecule has 0 aromatic heterocycles. The summed E-state index contributed by atoms with van der Waals surface area (Å²) in [4.78, 5) is 0.210. The summed E-state index contributed by atoms with van der Waals surface area (Å²) in [6, 6.07) is 6.23. The molecular formula is C12H18N2O3S. The van der Waals surface area contributed by atoms with Gasteiger partial charge in [0, 0.05) is 18.3 Å². The number of sulfonamides is 1. The second-order valence-electron chi connectivity index (χ2n) is 4.60. The monoisotopic (exact) mass is 270 g/mol. The van der Waals surface area contributed by atoms with Crippen molar-refractivity contribution in [2.45, 2.75) is 36.8 Å². The summed E-state index contributed by atoms with van der Waals surface area (Å²) in [6.07, 6.45) is 1.49. The average Bonchev–Trinajstić information content (AvgIpc) is 2.28. The molecule has 0 bridgehead atoms. The van der Waals surface area contributed by atoms with Crippen molar-refractivity contribution in [1.29, 1.82) is 0 Å². The molecule has 5 nitrogen and oxygen atoms in total. The van der Waals surface area contributed by atoms with Gasteiger partial charge in [-0.05, 0) is 38.0 Å². The van der Waals surface area contributed by atoms with Crippen LogP contribution in [0.5, 0.6) is 0 Å². The second kappa shape index (κ2) is 5.26. The highest BCUT2D eigenvalue weighted by Gasteiger charge is 2.25. The maximum atomic E-state index is 12.2. The van der Waals surface area contributed by atoms with E-state index in [0.29, 0.717) is 25.1 Å². The summed E-state index contributed by atoms with van der Waals surface area (Å²) in [6.45, 7) is 2.53. The van der Waals surface area contributed by atoms with Gasteiger partial charge in [0.15, 0.2) is 0 Å². The number of hydrogen-bond acceptors (Lipinski definition) is 4. The van der Waals surface area contributed by atoms with E-state index in [1.54, 1.807) is 18.2 Å². The molecule has 1 aromatic rings. The van der Waals surface area contributed by atoms with E-state index in [9.17, 15) is 8.42 Å². The quantitative estimate of drug-likeness (QED) is 0.806. The van der Waals surface area contributed by atoms with Crippen LogP contribution in [0.15, 0.2) is 29.2 Å². The van der Waals surface area contributed by atoms with Gasteiger partial charge in [0.25, 0.3) is 0 Å². The molecule has 6 heteroatoms. The summed E-state index contributed by atoms with van der Waals surface area (Å²) in [5.41, 5.74) is 6.04. The summed E-state index contributed by atoms with van der Waals surface area (Å²) in [7, 11) is -3.49. The lowest BCUT2D eigenvalue weighted by molar-refractivity contribution is 0.0173. The van der Waals surface area contributed by atoms with E-state index >= 15 is 0 Å². The molecule has 100 valence electrons. The van der Waals surface area contributed by atoms with Crippen LogP contribution in [0.25, 0.3) is 0 Å². The molecule has 1 saturated heterocycles. The van der Waals surface area contributed by atoms with Gasteiger partial charge in [-0.1, -0.05) is 6.07 Å². The molecule has 0 aliphatic carbocycles. The second-order valence-corrected chi connectivity index (χ2v) is 6.31. The van der Waals surface area contributed by atoms with E-state index in [1.165, 1.54) is 6.07 Å². The van der Waals surface area contributed by atoms with Crippen LogP contribution in [0.2, 0.25) is 0 Å². The summed E-state index contributed by atoms with van der Waals surface area (Å²) >= 11 is 0. The van der Waals surface area contributed by atoms with E-state index in [0.717, 1.165) is 0 Å². The minimum absolute atomic E-state index is 0.0693. The third kappa shape index (κ3) is 3.22. The van der Waals surface area contributed by atoms with Gasteiger partial charge >= 0.3 is 0 Å². The first kappa shape index (κ1) is 13.3. The Hall–Kier alpha value is -1.11. The normalized spacial score (nSPS) is 24.9. The summed E-state index contributed by atoms with van der Waals surface area (Å²) in [5, 5.41) is 0. The molecule has 18 heavy (non-hydrogen) atoms. The van der Waals surface area contributed by atoms with Gasteiger partial charge in [-0.25, -0.2) is 13.1 Å². The van der Waals surface area contributed by atoms with Crippen molar-refractivity contribution in [3.8, 4) is 0 Å². The van der Waals surface area contributed by atoms with Gasteiger partial charge in [-0.2, -0.15) is 0 Å². The number of nitrogens with one attached hydrogen (secondary N) is 1. The van der Waals surface area contributed by atoms with Crippen LogP contribution in [-0.4, -0.2) is 27.2 Å². The number of hydrogen-bond donors (Lipinski definition) is 2. The van der Waals surface area contributed by atoms with Gasteiger partial charge in [-0.3, -0.25) is 0 Å².